The van der Waals surface area contributed by atoms with Crippen molar-refractivity contribution in [3.05, 3.63) is 56.7 Å². The maximum Gasteiger partial charge on any atom is 0.261 e. The van der Waals surface area contributed by atoms with E-state index in [1.165, 1.54) is 11.3 Å². The number of amides is 1. The maximum atomic E-state index is 12.1. The van der Waals surface area contributed by atoms with Crippen LogP contribution in [0.5, 0.6) is 0 Å². The lowest BCUT2D eigenvalue weighted by Crippen LogP contribution is -2.31. The lowest BCUT2D eigenvalue weighted by molar-refractivity contribution is 0.0755. The van der Waals surface area contributed by atoms with Crippen molar-refractivity contribution < 1.29 is 9.63 Å². The fourth-order valence-electron chi connectivity index (χ4n) is 3.09. The Morgan fingerprint density at radius 2 is 2.07 bits per heavy atom. The average molecular weight is 403 g/mol. The molecule has 1 atom stereocenters. The van der Waals surface area contributed by atoms with Gasteiger partial charge in [0.1, 0.15) is 11.9 Å². The summed E-state index contributed by atoms with van der Waals surface area (Å²) in [6, 6.07) is 11.6. The molecule has 3 heterocycles. The number of hydrogen-bond acceptors (Lipinski definition) is 6. The van der Waals surface area contributed by atoms with Crippen LogP contribution in [0.25, 0.3) is 0 Å². The van der Waals surface area contributed by atoms with Crippen LogP contribution in [0.4, 0.5) is 0 Å². The summed E-state index contributed by atoms with van der Waals surface area (Å²) < 4.78 is 0.598. The van der Waals surface area contributed by atoms with Gasteiger partial charge in [0.25, 0.3) is 5.91 Å². The summed E-state index contributed by atoms with van der Waals surface area (Å²) >= 11 is 7.12. The second-order valence-corrected chi connectivity index (χ2v) is 8.20. The summed E-state index contributed by atoms with van der Waals surface area (Å²) in [5, 5.41) is 7.06. The van der Waals surface area contributed by atoms with Crippen LogP contribution in [-0.2, 0) is 4.84 Å². The fourth-order valence-corrected chi connectivity index (χ4v) is 4.05. The Balaban J connectivity index is 1.32. The Labute approximate surface area is 166 Å². The molecule has 0 radical (unpaired) electrons. The number of halogens is 1. The molecular formula is C19H19ClN4O2S. The second kappa shape index (κ2) is 7.70. The second-order valence-electron chi connectivity index (χ2n) is 6.49. The van der Waals surface area contributed by atoms with Crippen molar-refractivity contribution in [3.63, 3.8) is 0 Å². The maximum absolute atomic E-state index is 12.1. The Morgan fingerprint density at radius 1 is 1.30 bits per heavy atom. The van der Waals surface area contributed by atoms with E-state index in [2.05, 4.69) is 39.5 Å². The number of aliphatic imine (C=N–C) groups is 1. The molecule has 2 aliphatic rings. The monoisotopic (exact) mass is 402 g/mol. The summed E-state index contributed by atoms with van der Waals surface area (Å²) in [4.78, 5) is 24.8. The summed E-state index contributed by atoms with van der Waals surface area (Å²) in [5.41, 5.74) is 3.03. The van der Waals surface area contributed by atoms with E-state index < -0.39 is 0 Å². The van der Waals surface area contributed by atoms with Crippen LogP contribution in [0.15, 0.2) is 46.5 Å². The van der Waals surface area contributed by atoms with Gasteiger partial charge in [-0.25, -0.2) is 0 Å². The third-order valence-corrected chi connectivity index (χ3v) is 5.79. The van der Waals surface area contributed by atoms with Gasteiger partial charge in [0.2, 0.25) is 0 Å². The van der Waals surface area contributed by atoms with E-state index in [0.717, 1.165) is 35.8 Å². The highest BCUT2D eigenvalue weighted by molar-refractivity contribution is 7.17. The molecule has 0 bridgehead atoms. The number of amidine groups is 1. The summed E-state index contributed by atoms with van der Waals surface area (Å²) in [6.07, 6.45) is 0.496. The predicted molar refractivity (Wildman–Crippen MR) is 108 cm³/mol. The van der Waals surface area contributed by atoms with E-state index in [-0.39, 0.29) is 12.0 Å². The van der Waals surface area contributed by atoms with Gasteiger partial charge in [0.05, 0.1) is 28.0 Å². The van der Waals surface area contributed by atoms with Gasteiger partial charge >= 0.3 is 0 Å². The van der Waals surface area contributed by atoms with Gasteiger partial charge in [0.15, 0.2) is 0 Å². The number of carbonyl (C=O) groups is 1. The highest BCUT2D eigenvalue weighted by atomic mass is 35.5. The molecule has 0 aliphatic carbocycles. The number of nitrogens with one attached hydrogen (secondary N) is 1. The number of likely N-dealkylation sites (N-methyl/N-ethyl adjacent to an activating group) is 1. The molecule has 140 valence electrons. The van der Waals surface area contributed by atoms with Crippen molar-refractivity contribution in [1.82, 2.24) is 10.2 Å². The van der Waals surface area contributed by atoms with Gasteiger partial charge in [0, 0.05) is 25.6 Å². The van der Waals surface area contributed by atoms with Crippen molar-refractivity contribution in [3.8, 4) is 0 Å². The third-order valence-electron chi connectivity index (χ3n) is 4.56. The molecular weight excluding hydrogens is 384 g/mol. The number of nitrogens with zero attached hydrogens (tertiary/aromatic N) is 3. The first-order valence-electron chi connectivity index (χ1n) is 8.73. The summed E-state index contributed by atoms with van der Waals surface area (Å²) in [5.74, 6) is 0.884. The largest absolute Gasteiger partial charge is 0.390 e. The molecule has 1 amide bonds. The average Bonchev–Trinajstić information content (AvgIpc) is 3.41. The summed E-state index contributed by atoms with van der Waals surface area (Å²) in [7, 11) is 2.05. The molecule has 0 spiro atoms. The minimum absolute atomic E-state index is 0.144. The quantitative estimate of drug-likeness (QED) is 0.835. The molecule has 4 rings (SSSR count). The SMILES string of the molecule is CN1CCN=C1c1ccc(C2=NOC(CNC(=O)c3ccc(Cl)s3)C2)cc1. The highest BCUT2D eigenvalue weighted by Gasteiger charge is 2.23. The molecule has 0 saturated heterocycles. The van der Waals surface area contributed by atoms with Crippen LogP contribution in [-0.4, -0.2) is 55.1 Å². The van der Waals surface area contributed by atoms with Gasteiger partial charge < -0.3 is 15.1 Å². The smallest absolute Gasteiger partial charge is 0.261 e. The Kier molecular flexibility index (Phi) is 5.13. The zero-order chi connectivity index (χ0) is 18.8. The number of carbonyl (C=O) groups excluding carboxylic acids is 1. The Morgan fingerprint density at radius 3 is 2.74 bits per heavy atom. The Hall–Kier alpha value is -2.38. The van der Waals surface area contributed by atoms with Crippen molar-refractivity contribution in [2.24, 2.45) is 10.1 Å². The first kappa shape index (κ1) is 18.0. The highest BCUT2D eigenvalue weighted by Crippen LogP contribution is 2.22. The lowest BCUT2D eigenvalue weighted by atomic mass is 10.0. The van der Waals surface area contributed by atoms with Crippen LogP contribution < -0.4 is 5.32 Å². The van der Waals surface area contributed by atoms with Crippen molar-refractivity contribution in [1.29, 1.82) is 0 Å². The van der Waals surface area contributed by atoms with Crippen LogP contribution in [0.3, 0.4) is 0 Å². The number of rotatable bonds is 5. The summed E-state index contributed by atoms with van der Waals surface area (Å²) in [6.45, 7) is 2.21. The molecule has 2 aromatic rings. The van der Waals surface area contributed by atoms with Crippen molar-refractivity contribution >= 4 is 40.4 Å². The molecule has 27 heavy (non-hydrogen) atoms. The van der Waals surface area contributed by atoms with Crippen molar-refractivity contribution in [2.45, 2.75) is 12.5 Å². The molecule has 1 aromatic heterocycles. The Bertz CT molecular complexity index is 907. The molecule has 6 nitrogen and oxygen atoms in total. The predicted octanol–water partition coefficient (Wildman–Crippen LogP) is 3.02. The first-order chi connectivity index (χ1) is 13.1. The van der Waals surface area contributed by atoms with E-state index in [1.807, 2.05) is 12.1 Å². The van der Waals surface area contributed by atoms with Gasteiger partial charge in [-0.05, 0) is 17.7 Å². The van der Waals surface area contributed by atoms with Crippen LogP contribution >= 0.6 is 22.9 Å². The zero-order valence-corrected chi connectivity index (χ0v) is 16.4. The van der Waals surface area contributed by atoms with Crippen molar-refractivity contribution in [2.75, 3.05) is 26.7 Å². The van der Waals surface area contributed by atoms with Crippen LogP contribution in [0.2, 0.25) is 4.34 Å². The van der Waals surface area contributed by atoms with Gasteiger partial charge in [-0.3, -0.25) is 9.79 Å². The molecule has 2 aliphatic heterocycles. The third kappa shape index (κ3) is 3.99. The molecule has 0 saturated carbocycles. The van der Waals surface area contributed by atoms with Gasteiger partial charge in [-0.2, -0.15) is 0 Å². The molecule has 8 heteroatoms. The topological polar surface area (TPSA) is 66.3 Å². The first-order valence-corrected chi connectivity index (χ1v) is 9.92. The van der Waals surface area contributed by atoms with E-state index in [1.54, 1.807) is 12.1 Å². The minimum atomic E-state index is -0.163. The van der Waals surface area contributed by atoms with Gasteiger partial charge in [-0.15, -0.1) is 11.3 Å². The standard InChI is InChI=1S/C19H19ClN4O2S/c1-24-9-8-21-18(24)13-4-2-12(3-5-13)15-10-14(26-23-15)11-22-19(25)16-6-7-17(20)27-16/h2-7,14H,8-11H2,1H3,(H,22,25). The lowest BCUT2D eigenvalue weighted by Gasteiger charge is -2.13. The number of oxime groups is 1. The number of thiophene rings is 1. The van der Waals surface area contributed by atoms with E-state index >= 15 is 0 Å². The van der Waals surface area contributed by atoms with Crippen LogP contribution in [0.1, 0.15) is 27.2 Å². The van der Waals surface area contributed by atoms with E-state index in [0.29, 0.717) is 22.2 Å². The van der Waals surface area contributed by atoms with E-state index in [4.69, 9.17) is 16.4 Å². The molecule has 1 N–H and O–H groups in total. The minimum Gasteiger partial charge on any atom is -0.390 e. The number of benzene rings is 1. The van der Waals surface area contributed by atoms with E-state index in [9.17, 15) is 4.79 Å². The molecule has 1 aromatic carbocycles. The normalized spacial score (nSPS) is 18.9. The fraction of sp³-hybridized carbons (Fsp3) is 0.316. The van der Waals surface area contributed by atoms with Crippen LogP contribution in [0, 0.1) is 0 Å². The zero-order valence-electron chi connectivity index (χ0n) is 14.8. The van der Waals surface area contributed by atoms with Gasteiger partial charge in [-0.1, -0.05) is 41.0 Å². The molecule has 1 unspecified atom stereocenters. The molecule has 0 fully saturated rings. The number of hydrogen-bond donors (Lipinski definition) is 1.